The van der Waals surface area contributed by atoms with Crippen molar-refractivity contribution in [2.45, 2.75) is 0 Å². The summed E-state index contributed by atoms with van der Waals surface area (Å²) in [7, 11) is 1.54. The minimum absolute atomic E-state index is 0.0447. The molecule has 0 aliphatic heterocycles. The van der Waals surface area contributed by atoms with Crippen molar-refractivity contribution < 1.29 is 14.3 Å². The third-order valence-electron chi connectivity index (χ3n) is 2.88. The standard InChI is InChI=1S/C16H10NO3/c1-20-13-7-5-11(6-8-13)16(19)14-4-2-3-12(10-18)15(14)9-17/h2-8H,1H3. The molecule has 0 aliphatic carbocycles. The first-order valence-electron chi connectivity index (χ1n) is 5.81. The van der Waals surface area contributed by atoms with Gasteiger partial charge in [-0.05, 0) is 36.4 Å². The first kappa shape index (κ1) is 13.5. The molecule has 0 saturated carbocycles. The third-order valence-corrected chi connectivity index (χ3v) is 2.88. The van der Waals surface area contributed by atoms with Crippen LogP contribution in [0.4, 0.5) is 0 Å². The van der Waals surface area contributed by atoms with E-state index in [1.165, 1.54) is 19.2 Å². The van der Waals surface area contributed by atoms with Crippen LogP contribution < -0.4 is 4.74 Å². The van der Waals surface area contributed by atoms with Gasteiger partial charge in [-0.25, -0.2) is 0 Å². The maximum absolute atomic E-state index is 12.4. The number of carbonyl (C=O) groups is 1. The second-order valence-electron chi connectivity index (χ2n) is 4.00. The Kier molecular flexibility index (Phi) is 3.92. The number of methoxy groups -OCH3 is 1. The zero-order chi connectivity index (χ0) is 14.5. The average Bonchev–Trinajstić information content (AvgIpc) is 2.53. The topological polar surface area (TPSA) is 67.2 Å². The van der Waals surface area contributed by atoms with Gasteiger partial charge in [0.1, 0.15) is 11.8 Å². The van der Waals surface area contributed by atoms with E-state index in [1.807, 2.05) is 6.07 Å². The van der Waals surface area contributed by atoms with Gasteiger partial charge in [0, 0.05) is 16.7 Å². The van der Waals surface area contributed by atoms with Gasteiger partial charge in [-0.3, -0.25) is 9.59 Å². The van der Waals surface area contributed by atoms with E-state index in [2.05, 4.69) is 0 Å². The van der Waals surface area contributed by atoms with Crippen molar-refractivity contribution in [2.75, 3.05) is 7.11 Å². The summed E-state index contributed by atoms with van der Waals surface area (Å²) in [5.74, 6) is 0.318. The summed E-state index contributed by atoms with van der Waals surface area (Å²) < 4.78 is 5.02. The van der Waals surface area contributed by atoms with E-state index in [0.29, 0.717) is 11.3 Å². The molecule has 2 aromatic carbocycles. The summed E-state index contributed by atoms with van der Waals surface area (Å²) in [5.41, 5.74) is 0.749. The predicted molar refractivity (Wildman–Crippen MR) is 72.4 cm³/mol. The van der Waals surface area contributed by atoms with Crippen LogP contribution in [-0.4, -0.2) is 19.2 Å². The molecule has 0 fully saturated rings. The molecule has 4 heteroatoms. The largest absolute Gasteiger partial charge is 0.497 e. The molecule has 0 atom stereocenters. The van der Waals surface area contributed by atoms with Gasteiger partial charge in [-0.2, -0.15) is 5.26 Å². The van der Waals surface area contributed by atoms with E-state index in [1.54, 1.807) is 36.6 Å². The minimum atomic E-state index is -0.318. The summed E-state index contributed by atoms with van der Waals surface area (Å²) in [4.78, 5) is 23.1. The normalized spacial score (nSPS) is 9.60. The molecule has 0 bridgehead atoms. The Hall–Kier alpha value is -2.93. The van der Waals surface area contributed by atoms with Crippen LogP contribution in [0.3, 0.4) is 0 Å². The molecule has 2 rings (SSSR count). The molecule has 0 spiro atoms. The summed E-state index contributed by atoms with van der Waals surface area (Å²) in [6.45, 7) is 0. The zero-order valence-corrected chi connectivity index (χ0v) is 10.7. The van der Waals surface area contributed by atoms with Crippen molar-refractivity contribution >= 4 is 12.1 Å². The van der Waals surface area contributed by atoms with Crippen LogP contribution in [0.5, 0.6) is 5.75 Å². The van der Waals surface area contributed by atoms with Crippen LogP contribution in [0.15, 0.2) is 42.5 Å². The molecule has 0 amide bonds. The van der Waals surface area contributed by atoms with Crippen molar-refractivity contribution in [2.24, 2.45) is 0 Å². The van der Waals surface area contributed by atoms with Gasteiger partial charge in [0.05, 0.1) is 12.7 Å². The maximum atomic E-state index is 12.4. The third kappa shape index (κ3) is 2.43. The number of ketones is 1. The second kappa shape index (κ2) is 5.81. The lowest BCUT2D eigenvalue weighted by atomic mass is 9.96. The lowest BCUT2D eigenvalue weighted by molar-refractivity contribution is 0.103. The Bertz CT molecular complexity index is 697. The average molecular weight is 264 g/mol. The van der Waals surface area contributed by atoms with E-state index >= 15 is 0 Å². The van der Waals surface area contributed by atoms with Crippen LogP contribution in [0.25, 0.3) is 0 Å². The van der Waals surface area contributed by atoms with Gasteiger partial charge in [0.25, 0.3) is 0 Å². The van der Waals surface area contributed by atoms with Crippen molar-refractivity contribution in [1.82, 2.24) is 0 Å². The van der Waals surface area contributed by atoms with Crippen molar-refractivity contribution in [3.8, 4) is 11.8 Å². The van der Waals surface area contributed by atoms with Crippen molar-refractivity contribution in [3.63, 3.8) is 0 Å². The lowest BCUT2D eigenvalue weighted by Gasteiger charge is -2.06. The van der Waals surface area contributed by atoms with Gasteiger partial charge >= 0.3 is 0 Å². The Balaban J connectivity index is 2.48. The highest BCUT2D eigenvalue weighted by Crippen LogP contribution is 2.19. The fourth-order valence-corrected chi connectivity index (χ4v) is 1.84. The summed E-state index contributed by atoms with van der Waals surface area (Å²) in [6.07, 6.45) is 1.67. The number of ether oxygens (including phenoxy) is 1. The Morgan fingerprint density at radius 2 is 1.85 bits per heavy atom. The molecule has 20 heavy (non-hydrogen) atoms. The molecule has 0 heterocycles. The Morgan fingerprint density at radius 3 is 2.40 bits per heavy atom. The highest BCUT2D eigenvalue weighted by molar-refractivity contribution is 6.11. The number of hydrogen-bond acceptors (Lipinski definition) is 4. The lowest BCUT2D eigenvalue weighted by Crippen LogP contribution is -2.06. The van der Waals surface area contributed by atoms with E-state index in [4.69, 9.17) is 10.00 Å². The van der Waals surface area contributed by atoms with Crippen LogP contribution >= 0.6 is 0 Å². The highest BCUT2D eigenvalue weighted by atomic mass is 16.5. The first-order valence-corrected chi connectivity index (χ1v) is 5.81. The van der Waals surface area contributed by atoms with E-state index in [-0.39, 0.29) is 22.5 Å². The zero-order valence-electron chi connectivity index (χ0n) is 10.7. The summed E-state index contributed by atoms with van der Waals surface area (Å²) in [6, 6.07) is 13.0. The van der Waals surface area contributed by atoms with E-state index in [0.717, 1.165) is 0 Å². The molecular formula is C16H10NO3. The first-order chi connectivity index (χ1) is 9.71. The molecule has 2 aromatic rings. The molecule has 1 radical (unpaired) electrons. The molecule has 0 unspecified atom stereocenters. The number of hydrogen-bond donors (Lipinski definition) is 0. The maximum Gasteiger partial charge on any atom is 0.234 e. The number of rotatable bonds is 4. The van der Waals surface area contributed by atoms with Gasteiger partial charge in [-0.1, -0.05) is 6.07 Å². The minimum Gasteiger partial charge on any atom is -0.497 e. The fraction of sp³-hybridized carbons (Fsp3) is 0.0625. The number of nitrogens with zero attached hydrogens (tertiary/aromatic N) is 1. The second-order valence-corrected chi connectivity index (χ2v) is 4.00. The van der Waals surface area contributed by atoms with Gasteiger partial charge in [0.15, 0.2) is 5.78 Å². The van der Waals surface area contributed by atoms with Crippen LogP contribution in [0, 0.1) is 11.3 Å². The SMILES string of the molecule is COc1ccc(C(=O)c2cccc([C]=O)c2C#N)cc1. The van der Waals surface area contributed by atoms with Gasteiger partial charge < -0.3 is 4.74 Å². The molecule has 0 N–H and O–H groups in total. The van der Waals surface area contributed by atoms with Crippen LogP contribution in [0.1, 0.15) is 27.0 Å². The van der Waals surface area contributed by atoms with Crippen molar-refractivity contribution in [3.05, 3.63) is 64.7 Å². The molecule has 0 saturated heterocycles. The molecule has 97 valence electrons. The molecule has 4 nitrogen and oxygen atoms in total. The van der Waals surface area contributed by atoms with Crippen LogP contribution in [0.2, 0.25) is 0 Å². The van der Waals surface area contributed by atoms with Crippen molar-refractivity contribution in [1.29, 1.82) is 5.26 Å². The van der Waals surface area contributed by atoms with E-state index < -0.39 is 0 Å². The summed E-state index contributed by atoms with van der Waals surface area (Å²) >= 11 is 0. The Labute approximate surface area is 116 Å². The smallest absolute Gasteiger partial charge is 0.234 e. The quantitative estimate of drug-likeness (QED) is 0.794. The van der Waals surface area contributed by atoms with Gasteiger partial charge in [-0.15, -0.1) is 0 Å². The number of carbonyl (C=O) groups excluding carboxylic acids is 2. The van der Waals surface area contributed by atoms with Crippen LogP contribution in [-0.2, 0) is 4.79 Å². The Morgan fingerprint density at radius 1 is 1.15 bits per heavy atom. The van der Waals surface area contributed by atoms with Gasteiger partial charge in [0.2, 0.25) is 6.29 Å². The molecule has 0 aromatic heterocycles. The van der Waals surface area contributed by atoms with E-state index in [9.17, 15) is 9.59 Å². The highest BCUT2D eigenvalue weighted by Gasteiger charge is 2.16. The number of benzene rings is 2. The fourth-order valence-electron chi connectivity index (χ4n) is 1.84. The summed E-state index contributed by atoms with van der Waals surface area (Å²) in [5, 5.41) is 9.11. The molecular weight excluding hydrogens is 254 g/mol. The number of nitriles is 1. The molecule has 0 aliphatic rings. The monoisotopic (exact) mass is 264 g/mol. The predicted octanol–water partition coefficient (Wildman–Crippen LogP) is 2.26.